The first-order valence-corrected chi connectivity index (χ1v) is 9.95. The maximum atomic E-state index is 14.9. The number of nitrogens with zero attached hydrogens (tertiary/aromatic N) is 1. The molecular formula is C21H20ClF3N2O3. The molecular weight excluding hydrogens is 421 g/mol. The molecule has 9 heteroatoms. The lowest BCUT2D eigenvalue weighted by Gasteiger charge is -2.41. The molecule has 4 rings (SSSR count). The lowest BCUT2D eigenvalue weighted by atomic mass is 9.90. The van der Waals surface area contributed by atoms with Gasteiger partial charge in [0.25, 0.3) is 0 Å². The molecule has 2 aliphatic rings. The number of hydrogen-bond acceptors (Lipinski definition) is 4. The number of hydrogen-bond donors (Lipinski definition) is 2. The van der Waals surface area contributed by atoms with Crippen molar-refractivity contribution in [1.29, 1.82) is 0 Å². The highest BCUT2D eigenvalue weighted by Crippen LogP contribution is 2.36. The number of nitrogens with one attached hydrogen (secondary N) is 1. The summed E-state index contributed by atoms with van der Waals surface area (Å²) in [5.41, 5.74) is -0.702. The predicted molar refractivity (Wildman–Crippen MR) is 107 cm³/mol. The third kappa shape index (κ3) is 3.94. The van der Waals surface area contributed by atoms with Gasteiger partial charge in [-0.25, -0.2) is 13.2 Å². The highest BCUT2D eigenvalue weighted by Gasteiger charge is 2.43. The van der Waals surface area contributed by atoms with E-state index in [0.717, 1.165) is 12.1 Å². The number of alkyl halides is 1. The molecule has 2 N–H and O–H groups in total. The molecule has 2 aromatic rings. The van der Waals surface area contributed by atoms with Crippen LogP contribution < -0.4 is 15.0 Å². The molecule has 5 nitrogen and oxygen atoms in total. The summed E-state index contributed by atoms with van der Waals surface area (Å²) in [7, 11) is 0. The van der Waals surface area contributed by atoms with E-state index in [1.54, 1.807) is 4.90 Å². The number of fused-ring (bicyclic) bond motifs is 1. The van der Waals surface area contributed by atoms with Gasteiger partial charge in [-0.3, -0.25) is 4.79 Å². The van der Waals surface area contributed by atoms with Crippen molar-refractivity contribution in [3.8, 4) is 5.75 Å². The zero-order chi connectivity index (χ0) is 21.5. The zero-order valence-electron chi connectivity index (χ0n) is 15.9. The third-order valence-corrected chi connectivity index (χ3v) is 5.89. The highest BCUT2D eigenvalue weighted by molar-refractivity contribution is 6.33. The van der Waals surface area contributed by atoms with E-state index >= 15 is 0 Å². The number of aliphatic hydroxyl groups is 1. The van der Waals surface area contributed by atoms with Gasteiger partial charge in [0.05, 0.1) is 22.9 Å². The Hall–Kier alpha value is -2.45. The number of halogens is 4. The van der Waals surface area contributed by atoms with Crippen LogP contribution in [0.2, 0.25) is 5.02 Å². The summed E-state index contributed by atoms with van der Waals surface area (Å²) in [6.07, 6.45) is -1.11. The molecule has 0 radical (unpaired) electrons. The lowest BCUT2D eigenvalue weighted by Crippen LogP contribution is -2.56. The Morgan fingerprint density at radius 1 is 1.27 bits per heavy atom. The van der Waals surface area contributed by atoms with E-state index in [4.69, 9.17) is 16.3 Å². The van der Waals surface area contributed by atoms with Crippen molar-refractivity contribution in [1.82, 2.24) is 0 Å². The van der Waals surface area contributed by atoms with Crippen molar-refractivity contribution in [3.63, 3.8) is 0 Å². The zero-order valence-corrected chi connectivity index (χ0v) is 16.7. The van der Waals surface area contributed by atoms with E-state index < -0.39 is 23.4 Å². The average Bonchev–Trinajstić information content (AvgIpc) is 2.70. The van der Waals surface area contributed by atoms with Gasteiger partial charge in [-0.2, -0.15) is 0 Å². The van der Waals surface area contributed by atoms with E-state index in [2.05, 4.69) is 5.32 Å². The molecule has 0 saturated carbocycles. The van der Waals surface area contributed by atoms with E-state index in [1.165, 1.54) is 18.2 Å². The van der Waals surface area contributed by atoms with E-state index in [-0.39, 0.29) is 42.6 Å². The second-order valence-corrected chi connectivity index (χ2v) is 8.01. The van der Waals surface area contributed by atoms with Gasteiger partial charge >= 0.3 is 0 Å². The van der Waals surface area contributed by atoms with Gasteiger partial charge in [-0.15, -0.1) is 0 Å². The third-order valence-electron chi connectivity index (χ3n) is 5.59. The molecule has 1 saturated heterocycles. The largest absolute Gasteiger partial charge is 0.490 e. The number of amides is 1. The minimum absolute atomic E-state index is 0.0575. The molecule has 0 aromatic heterocycles. The fraction of sp³-hybridized carbons (Fsp3) is 0.381. The first kappa shape index (κ1) is 20.8. The number of benzene rings is 2. The van der Waals surface area contributed by atoms with Crippen molar-refractivity contribution in [2.75, 3.05) is 29.9 Å². The molecule has 1 fully saturated rings. The van der Waals surface area contributed by atoms with Crippen LogP contribution in [0.5, 0.6) is 5.75 Å². The van der Waals surface area contributed by atoms with Crippen molar-refractivity contribution in [2.24, 2.45) is 0 Å². The molecule has 2 heterocycles. The van der Waals surface area contributed by atoms with Gasteiger partial charge in [0, 0.05) is 18.5 Å². The first-order valence-electron chi connectivity index (χ1n) is 9.57. The molecule has 30 heavy (non-hydrogen) atoms. The molecule has 2 aromatic carbocycles. The van der Waals surface area contributed by atoms with E-state index in [0.29, 0.717) is 30.0 Å². The van der Waals surface area contributed by atoms with Crippen LogP contribution in [0, 0.1) is 11.6 Å². The van der Waals surface area contributed by atoms with Crippen LogP contribution in [-0.4, -0.2) is 42.5 Å². The Morgan fingerprint density at radius 3 is 2.80 bits per heavy atom. The molecule has 2 aliphatic heterocycles. The van der Waals surface area contributed by atoms with Crippen LogP contribution in [0.25, 0.3) is 0 Å². The quantitative estimate of drug-likeness (QED) is 0.758. The second-order valence-electron chi connectivity index (χ2n) is 7.60. The summed E-state index contributed by atoms with van der Waals surface area (Å²) in [4.78, 5) is 13.2. The van der Waals surface area contributed by atoms with Crippen molar-refractivity contribution in [2.45, 2.75) is 31.0 Å². The maximum Gasteiger partial charge on any atom is 0.224 e. The van der Waals surface area contributed by atoms with Gasteiger partial charge < -0.3 is 20.1 Å². The molecule has 1 amide bonds. The van der Waals surface area contributed by atoms with Crippen LogP contribution in [0.4, 0.5) is 24.5 Å². The summed E-state index contributed by atoms with van der Waals surface area (Å²) in [5, 5.41) is 13.5. The minimum Gasteiger partial charge on any atom is -0.490 e. The fourth-order valence-electron chi connectivity index (χ4n) is 3.82. The van der Waals surface area contributed by atoms with Crippen molar-refractivity contribution < 1.29 is 27.8 Å². The van der Waals surface area contributed by atoms with Crippen LogP contribution in [0.3, 0.4) is 0 Å². The van der Waals surface area contributed by atoms with Gasteiger partial charge in [-0.1, -0.05) is 11.6 Å². The maximum absolute atomic E-state index is 14.9. The Kier molecular flexibility index (Phi) is 5.55. The Labute approximate surface area is 176 Å². The standard InChI is InChI=1S/C21H20ClF3N2O3/c22-14-9-12(23)1-4-16(14)27-8-7-21(29,18(25)10-27)11-30-17-5-3-15(24)20-13(17)2-6-19(28)26-20/h1,3-5,9,18,29H,2,6-8,10-11H2,(H,26,28)/t18-,21-/m1/s1. The normalized spacial score (nSPS) is 23.7. The Morgan fingerprint density at radius 2 is 2.07 bits per heavy atom. The number of anilines is 2. The summed E-state index contributed by atoms with van der Waals surface area (Å²) in [6.45, 7) is -0.169. The SMILES string of the molecule is O=C1CCc2c(OC[C@]3(O)CCN(c4ccc(F)cc4Cl)C[C@H]3F)ccc(F)c2N1. The summed E-state index contributed by atoms with van der Waals surface area (Å²) in [6, 6.07) is 6.45. The molecule has 0 bridgehead atoms. The summed E-state index contributed by atoms with van der Waals surface area (Å²) < 4.78 is 47.9. The van der Waals surface area contributed by atoms with Gasteiger partial charge in [-0.05, 0) is 43.2 Å². The number of carbonyl (C=O) groups is 1. The molecule has 0 unspecified atom stereocenters. The highest BCUT2D eigenvalue weighted by atomic mass is 35.5. The van der Waals surface area contributed by atoms with E-state index in [1.807, 2.05) is 0 Å². The van der Waals surface area contributed by atoms with Crippen LogP contribution >= 0.6 is 11.6 Å². The van der Waals surface area contributed by atoms with Crippen molar-refractivity contribution in [3.05, 3.63) is 52.6 Å². The number of carbonyl (C=O) groups excluding carboxylic acids is 1. The topological polar surface area (TPSA) is 61.8 Å². The van der Waals surface area contributed by atoms with Crippen LogP contribution in [0.15, 0.2) is 30.3 Å². The molecule has 160 valence electrons. The lowest BCUT2D eigenvalue weighted by molar-refractivity contribution is -0.116. The van der Waals surface area contributed by atoms with Crippen LogP contribution in [-0.2, 0) is 11.2 Å². The number of piperidine rings is 1. The van der Waals surface area contributed by atoms with Gasteiger partial charge in [0.15, 0.2) is 0 Å². The average molecular weight is 441 g/mol. The summed E-state index contributed by atoms with van der Waals surface area (Å²) in [5.74, 6) is -1.04. The smallest absolute Gasteiger partial charge is 0.224 e. The Bertz CT molecular complexity index is 990. The second kappa shape index (κ2) is 8.00. The number of rotatable bonds is 4. The van der Waals surface area contributed by atoms with Crippen LogP contribution in [0.1, 0.15) is 18.4 Å². The van der Waals surface area contributed by atoms with Gasteiger partial charge in [0.1, 0.15) is 35.8 Å². The molecule has 0 spiro atoms. The Balaban J connectivity index is 1.46. The minimum atomic E-state index is -1.75. The molecule has 2 atom stereocenters. The first-order chi connectivity index (χ1) is 14.3. The molecule has 0 aliphatic carbocycles. The van der Waals surface area contributed by atoms with Crippen molar-refractivity contribution >= 4 is 28.9 Å². The van der Waals surface area contributed by atoms with E-state index in [9.17, 15) is 23.1 Å². The number of ether oxygens (including phenoxy) is 1. The summed E-state index contributed by atoms with van der Waals surface area (Å²) >= 11 is 6.06. The fourth-order valence-corrected chi connectivity index (χ4v) is 4.11. The monoisotopic (exact) mass is 440 g/mol. The van der Waals surface area contributed by atoms with Gasteiger partial charge in [0.2, 0.25) is 5.91 Å². The predicted octanol–water partition coefficient (Wildman–Crippen LogP) is 3.86.